The number of ketones is 1. The van der Waals surface area contributed by atoms with Crippen molar-refractivity contribution in [2.75, 3.05) is 32.5 Å². The maximum absolute atomic E-state index is 13.9. The molecule has 0 saturated carbocycles. The SMILES string of the molecule is [2H]/C(=C\C([2H])([2H])N(C)C)C(=O)Cc1c(OC([2H])([2H])C([2H])([2H])[2H])c([2H])c2nc([2H])c(C#N)c(Nc3ccc(F)c(C)c3)c2c1[2H]. The van der Waals surface area contributed by atoms with E-state index in [0.717, 1.165) is 11.0 Å². The number of nitrogens with zero attached hydrogens (tertiary/aromatic N) is 3. The van der Waals surface area contributed by atoms with Gasteiger partial charge in [0.15, 0.2) is 5.78 Å². The first-order valence-electron chi connectivity index (χ1n) is 15.1. The predicted octanol–water partition coefficient (Wildman–Crippen LogP) is 4.93. The maximum Gasteiger partial charge on any atom is 0.159 e. The van der Waals surface area contributed by atoms with E-state index < -0.39 is 84.6 Å². The third kappa shape index (κ3) is 5.93. The number of benzene rings is 2. The summed E-state index contributed by atoms with van der Waals surface area (Å²) >= 11 is 0. The number of fused-ring (bicyclic) bond motifs is 1. The molecule has 1 aromatic heterocycles. The van der Waals surface area contributed by atoms with Crippen LogP contribution in [0, 0.1) is 24.1 Å². The molecular formula is C26H27FN4O2. The number of ether oxygens (including phenoxy) is 1. The summed E-state index contributed by atoms with van der Waals surface area (Å²) in [5.41, 5.74) is -1.21. The Labute approximate surface area is 208 Å². The number of carbonyl (C=O) groups excluding carboxylic acids is 1. The van der Waals surface area contributed by atoms with Crippen LogP contribution in [0.1, 0.15) is 38.6 Å². The Bertz CT molecular complexity index is 1720. The van der Waals surface area contributed by atoms with E-state index in [-0.39, 0.29) is 22.3 Å². The lowest BCUT2D eigenvalue weighted by molar-refractivity contribution is -0.114. The fourth-order valence-corrected chi connectivity index (χ4v) is 2.86. The summed E-state index contributed by atoms with van der Waals surface area (Å²) in [5.74, 6) is -2.49. The van der Waals surface area contributed by atoms with E-state index in [9.17, 15) is 14.4 Å². The van der Waals surface area contributed by atoms with Gasteiger partial charge in [-0.2, -0.15) is 5.26 Å². The van der Waals surface area contributed by atoms with E-state index in [1.54, 1.807) is 6.07 Å². The van der Waals surface area contributed by atoms with Gasteiger partial charge >= 0.3 is 0 Å². The number of anilines is 2. The smallest absolute Gasteiger partial charge is 0.159 e. The van der Waals surface area contributed by atoms with Crippen molar-refractivity contribution in [1.29, 1.82) is 5.26 Å². The zero-order chi connectivity index (χ0) is 33.5. The van der Waals surface area contributed by atoms with Crippen LogP contribution in [-0.4, -0.2) is 42.8 Å². The van der Waals surface area contributed by atoms with Gasteiger partial charge in [0.2, 0.25) is 0 Å². The van der Waals surface area contributed by atoms with E-state index >= 15 is 0 Å². The fraction of sp³-hybridized carbons (Fsp3) is 0.269. The van der Waals surface area contributed by atoms with Crippen LogP contribution in [0.2, 0.25) is 0 Å². The highest BCUT2D eigenvalue weighted by molar-refractivity contribution is 5.98. The number of allylic oxidation sites excluding steroid dienone is 1. The first kappa shape index (κ1) is 13.1. The fourth-order valence-electron chi connectivity index (χ4n) is 2.86. The highest BCUT2D eigenvalue weighted by atomic mass is 19.1. The molecule has 7 heteroatoms. The number of aryl methyl sites for hydroxylation is 1. The van der Waals surface area contributed by atoms with Gasteiger partial charge in [0.1, 0.15) is 17.6 Å². The van der Waals surface area contributed by atoms with Crippen LogP contribution in [0.25, 0.3) is 10.9 Å². The number of halogens is 1. The van der Waals surface area contributed by atoms with Crippen molar-refractivity contribution in [3.8, 4) is 11.8 Å². The van der Waals surface area contributed by atoms with Crippen LogP contribution in [0.15, 0.2) is 48.6 Å². The zero-order valence-corrected chi connectivity index (χ0v) is 18.1. The second-order valence-electron chi connectivity index (χ2n) is 7.07. The van der Waals surface area contributed by atoms with E-state index in [1.165, 1.54) is 33.2 Å². The summed E-state index contributed by atoms with van der Waals surface area (Å²) < 4.78 is 108. The van der Waals surface area contributed by atoms with Gasteiger partial charge in [-0.3, -0.25) is 9.78 Å². The predicted molar refractivity (Wildman–Crippen MR) is 128 cm³/mol. The number of rotatable bonds is 9. The van der Waals surface area contributed by atoms with Crippen LogP contribution in [0.4, 0.5) is 15.8 Å². The molecule has 2 aromatic carbocycles. The average molecular weight is 458 g/mol. The first-order chi connectivity index (χ1) is 20.1. The van der Waals surface area contributed by atoms with Crippen molar-refractivity contribution in [3.63, 3.8) is 0 Å². The van der Waals surface area contributed by atoms with Gasteiger partial charge in [-0.05, 0) is 63.7 Å². The number of carbonyl (C=O) groups is 1. The summed E-state index contributed by atoms with van der Waals surface area (Å²) in [7, 11) is 2.73. The lowest BCUT2D eigenvalue weighted by atomic mass is 10.0. The van der Waals surface area contributed by atoms with E-state index in [4.69, 9.17) is 19.8 Å². The lowest BCUT2D eigenvalue weighted by Crippen LogP contribution is -2.11. The van der Waals surface area contributed by atoms with Gasteiger partial charge in [0.25, 0.3) is 0 Å². The van der Waals surface area contributed by atoms with Crippen LogP contribution in [-0.2, 0) is 11.2 Å². The molecule has 0 aliphatic heterocycles. The molecule has 0 amide bonds. The molecule has 0 bridgehead atoms. The van der Waals surface area contributed by atoms with Crippen molar-refractivity contribution >= 4 is 28.1 Å². The van der Waals surface area contributed by atoms with Crippen molar-refractivity contribution < 1.29 is 29.0 Å². The minimum Gasteiger partial charge on any atom is -0.494 e. The van der Waals surface area contributed by atoms with Crippen molar-refractivity contribution in [1.82, 2.24) is 9.88 Å². The minimum absolute atomic E-state index is 0.214. The molecule has 1 N–H and O–H groups in total. The van der Waals surface area contributed by atoms with Gasteiger partial charge in [-0.25, -0.2) is 4.39 Å². The highest BCUT2D eigenvalue weighted by Gasteiger charge is 2.16. The molecule has 0 spiro atoms. The second-order valence-corrected chi connectivity index (χ2v) is 7.07. The Morgan fingerprint density at radius 2 is 2.30 bits per heavy atom. The molecule has 1 heterocycles. The number of hydrogen-bond donors (Lipinski definition) is 1. The molecule has 0 atom stereocenters. The lowest BCUT2D eigenvalue weighted by Gasteiger charge is -2.15. The third-order valence-corrected chi connectivity index (χ3v) is 4.38. The molecule has 170 valence electrons. The second kappa shape index (κ2) is 10.7. The van der Waals surface area contributed by atoms with Gasteiger partial charge in [-0.15, -0.1) is 0 Å². The third-order valence-electron chi connectivity index (χ3n) is 4.38. The Balaban J connectivity index is 2.41. The summed E-state index contributed by atoms with van der Waals surface area (Å²) in [6.07, 6.45) is -0.897. The topological polar surface area (TPSA) is 78.2 Å². The molecule has 0 unspecified atom stereocenters. The quantitative estimate of drug-likeness (QED) is 0.459. The molecule has 3 aromatic rings. The summed E-state index contributed by atoms with van der Waals surface area (Å²) in [5, 5.41) is 12.4. The number of hydrogen-bond acceptors (Lipinski definition) is 6. The first-order valence-corrected chi connectivity index (χ1v) is 9.61. The number of aromatic nitrogens is 1. The standard InChI is InChI=1S/C26H27FN4O2/c1-5-33-25-14-24-22(13-18(25)12-21(32)7-6-10-31(3)4)26(19(15-28)16-29-24)30-20-8-9-23(27)17(2)11-20/h6-9,11,13-14,16H,5,10,12H2,1-4H3,(H,29,30)/b7-6+/i1D3,5D2,7D,10D2,13D,14D,16D. The van der Waals surface area contributed by atoms with Gasteiger partial charge in [0, 0.05) is 48.6 Å². The molecule has 0 radical (unpaired) electrons. The Hall–Kier alpha value is -3.76. The van der Waals surface area contributed by atoms with E-state index in [1.807, 2.05) is 0 Å². The van der Waals surface area contributed by atoms with Gasteiger partial charge < -0.3 is 15.0 Å². The minimum atomic E-state index is -3.44. The van der Waals surface area contributed by atoms with Crippen molar-refractivity contribution in [3.05, 3.63) is 71.1 Å². The van der Waals surface area contributed by atoms with Crippen LogP contribution < -0.4 is 10.1 Å². The van der Waals surface area contributed by atoms with Crippen molar-refractivity contribution in [2.45, 2.75) is 20.2 Å². The molecule has 33 heavy (non-hydrogen) atoms. The number of likely N-dealkylation sites (N-methyl/N-ethyl adjacent to an activating group) is 1. The summed E-state index contributed by atoms with van der Waals surface area (Å²) in [4.78, 5) is 18.2. The maximum atomic E-state index is 13.9. The van der Waals surface area contributed by atoms with Crippen LogP contribution >= 0.6 is 0 Å². The number of pyridine rings is 1. The van der Waals surface area contributed by atoms with E-state index in [0.29, 0.717) is 6.08 Å². The molecule has 0 fully saturated rings. The monoisotopic (exact) mass is 457 g/mol. The largest absolute Gasteiger partial charge is 0.494 e. The van der Waals surface area contributed by atoms with Crippen LogP contribution in [0.5, 0.6) is 5.75 Å². The normalized spacial score (nSPS) is 17.6. The van der Waals surface area contributed by atoms with E-state index in [2.05, 4.69) is 10.3 Å². The Kier molecular flexibility index (Phi) is 4.24. The van der Waals surface area contributed by atoms with Crippen LogP contribution in [0.3, 0.4) is 0 Å². The molecule has 0 aliphatic carbocycles. The summed E-state index contributed by atoms with van der Waals surface area (Å²) in [6, 6.07) is 3.28. The zero-order valence-electron chi connectivity index (χ0n) is 29.1. The molecule has 3 rings (SSSR count). The van der Waals surface area contributed by atoms with Gasteiger partial charge in [-0.1, -0.05) is 6.08 Å². The number of nitriles is 1. The average Bonchev–Trinajstić information content (AvgIpc) is 2.90. The summed E-state index contributed by atoms with van der Waals surface area (Å²) in [6.45, 7) is -7.60. The Morgan fingerprint density at radius 1 is 1.48 bits per heavy atom. The highest BCUT2D eigenvalue weighted by Crippen LogP contribution is 2.34. The molecule has 6 nitrogen and oxygen atoms in total. The van der Waals surface area contributed by atoms with Gasteiger partial charge in [0.05, 0.1) is 31.6 Å². The molecule has 0 aliphatic rings. The van der Waals surface area contributed by atoms with Crippen molar-refractivity contribution in [2.24, 2.45) is 0 Å². The molecular weight excluding hydrogens is 419 g/mol. The Morgan fingerprint density at radius 3 is 3.00 bits per heavy atom. The molecule has 0 saturated heterocycles. The number of nitrogens with one attached hydrogen (secondary N) is 1.